The highest BCUT2D eigenvalue weighted by Crippen LogP contribution is 2.23. The van der Waals surface area contributed by atoms with Crippen molar-refractivity contribution in [3.8, 4) is 0 Å². The molecule has 0 aromatic heterocycles. The lowest BCUT2D eigenvalue weighted by molar-refractivity contribution is -0.126. The van der Waals surface area contributed by atoms with Gasteiger partial charge in [0.1, 0.15) is 0 Å². The third-order valence-corrected chi connectivity index (χ3v) is 3.14. The van der Waals surface area contributed by atoms with Crippen LogP contribution in [-0.2, 0) is 4.79 Å². The van der Waals surface area contributed by atoms with Crippen molar-refractivity contribution >= 4 is 5.91 Å². The Morgan fingerprint density at radius 3 is 2.79 bits per heavy atom. The zero-order valence-electron chi connectivity index (χ0n) is 9.33. The van der Waals surface area contributed by atoms with Gasteiger partial charge in [-0.3, -0.25) is 4.79 Å². The van der Waals surface area contributed by atoms with E-state index in [-0.39, 0.29) is 5.91 Å². The topological polar surface area (TPSA) is 20.3 Å². The van der Waals surface area contributed by atoms with Crippen molar-refractivity contribution in [3.63, 3.8) is 0 Å². The highest BCUT2D eigenvalue weighted by molar-refractivity contribution is 5.87. The minimum atomic E-state index is 0.0950. The summed E-state index contributed by atoms with van der Waals surface area (Å²) in [6.45, 7) is 9.86. The van der Waals surface area contributed by atoms with E-state index < -0.39 is 0 Å². The molecule has 2 nitrogen and oxygen atoms in total. The zero-order chi connectivity index (χ0) is 10.6. The number of carbonyl (C=O) groups excluding carboxylic acids is 1. The molecule has 1 atom stereocenters. The van der Waals surface area contributed by atoms with Crippen molar-refractivity contribution in [3.05, 3.63) is 12.7 Å². The van der Waals surface area contributed by atoms with E-state index in [2.05, 4.69) is 20.4 Å². The molecule has 1 aliphatic rings. The molecule has 1 saturated heterocycles. The van der Waals surface area contributed by atoms with Gasteiger partial charge >= 0.3 is 0 Å². The molecule has 0 aromatic carbocycles. The Morgan fingerprint density at radius 1 is 1.50 bits per heavy atom. The molecule has 14 heavy (non-hydrogen) atoms. The number of rotatable bonds is 2. The Balaban J connectivity index is 2.59. The highest BCUT2D eigenvalue weighted by Gasteiger charge is 2.22. The molecular formula is C12H21NO. The van der Waals surface area contributed by atoms with Crippen molar-refractivity contribution in [1.29, 1.82) is 0 Å². The molecule has 0 radical (unpaired) electrons. The molecule has 0 N–H and O–H groups in total. The summed E-state index contributed by atoms with van der Waals surface area (Å²) in [5.74, 6) is 1.44. The predicted octanol–water partition coefficient (Wildman–Crippen LogP) is 2.46. The first-order valence-electron chi connectivity index (χ1n) is 5.56. The van der Waals surface area contributed by atoms with Crippen LogP contribution in [0.1, 0.15) is 33.1 Å². The van der Waals surface area contributed by atoms with Crippen LogP contribution in [-0.4, -0.2) is 23.9 Å². The first kappa shape index (κ1) is 11.3. The molecule has 0 spiro atoms. The molecular weight excluding hydrogens is 174 g/mol. The minimum absolute atomic E-state index is 0.0950. The van der Waals surface area contributed by atoms with Gasteiger partial charge in [-0.15, -0.1) is 0 Å². The summed E-state index contributed by atoms with van der Waals surface area (Å²) >= 11 is 0. The van der Waals surface area contributed by atoms with Gasteiger partial charge in [-0.1, -0.05) is 26.8 Å². The summed E-state index contributed by atoms with van der Waals surface area (Å²) < 4.78 is 0. The van der Waals surface area contributed by atoms with Gasteiger partial charge in [0.25, 0.3) is 0 Å². The van der Waals surface area contributed by atoms with Crippen LogP contribution >= 0.6 is 0 Å². The standard InChI is InChI=1S/C12H21NO/c1-4-12(14)13-8-6-5-7-11(9-13)10(2)3/h4,10-11H,1,5-9H2,2-3H3. The SMILES string of the molecule is C=CC(=O)N1CCCCC(C(C)C)C1. The maximum absolute atomic E-state index is 11.5. The van der Waals surface area contributed by atoms with Gasteiger partial charge in [0, 0.05) is 13.1 Å². The molecule has 2 heteroatoms. The second-order valence-electron chi connectivity index (χ2n) is 4.49. The van der Waals surface area contributed by atoms with Crippen LogP contribution in [0.3, 0.4) is 0 Å². The van der Waals surface area contributed by atoms with Crippen LogP contribution in [0.2, 0.25) is 0 Å². The molecule has 0 aliphatic carbocycles. The van der Waals surface area contributed by atoms with Crippen LogP contribution in [0.15, 0.2) is 12.7 Å². The lowest BCUT2D eigenvalue weighted by Crippen LogP contribution is -2.34. The molecule has 1 heterocycles. The Bertz CT molecular complexity index is 210. The van der Waals surface area contributed by atoms with Crippen LogP contribution < -0.4 is 0 Å². The predicted molar refractivity (Wildman–Crippen MR) is 59.0 cm³/mol. The summed E-state index contributed by atoms with van der Waals surface area (Å²) in [6.07, 6.45) is 5.09. The summed E-state index contributed by atoms with van der Waals surface area (Å²) in [5.41, 5.74) is 0. The normalized spacial score (nSPS) is 23.4. The van der Waals surface area contributed by atoms with Gasteiger partial charge < -0.3 is 4.90 Å². The van der Waals surface area contributed by atoms with Crippen LogP contribution in [0.4, 0.5) is 0 Å². The van der Waals surface area contributed by atoms with Gasteiger partial charge in [-0.25, -0.2) is 0 Å². The molecule has 1 fully saturated rings. The van der Waals surface area contributed by atoms with Crippen molar-refractivity contribution in [1.82, 2.24) is 4.90 Å². The zero-order valence-corrected chi connectivity index (χ0v) is 9.33. The fourth-order valence-corrected chi connectivity index (χ4v) is 2.05. The maximum Gasteiger partial charge on any atom is 0.245 e. The third-order valence-electron chi connectivity index (χ3n) is 3.14. The van der Waals surface area contributed by atoms with Gasteiger partial charge in [-0.05, 0) is 30.8 Å². The monoisotopic (exact) mass is 195 g/mol. The van der Waals surface area contributed by atoms with Crippen molar-refractivity contribution in [2.45, 2.75) is 33.1 Å². The number of amides is 1. The number of hydrogen-bond donors (Lipinski definition) is 0. The van der Waals surface area contributed by atoms with Crippen molar-refractivity contribution in [2.24, 2.45) is 11.8 Å². The molecule has 1 amide bonds. The molecule has 1 rings (SSSR count). The summed E-state index contributed by atoms with van der Waals surface area (Å²) in [7, 11) is 0. The number of carbonyl (C=O) groups is 1. The molecule has 80 valence electrons. The van der Waals surface area contributed by atoms with E-state index >= 15 is 0 Å². The Labute approximate surface area is 87.0 Å². The lowest BCUT2D eigenvalue weighted by atomic mass is 9.91. The second kappa shape index (κ2) is 5.18. The fourth-order valence-electron chi connectivity index (χ4n) is 2.05. The van der Waals surface area contributed by atoms with E-state index in [9.17, 15) is 4.79 Å². The Morgan fingerprint density at radius 2 is 2.21 bits per heavy atom. The van der Waals surface area contributed by atoms with Crippen LogP contribution in [0.25, 0.3) is 0 Å². The minimum Gasteiger partial charge on any atom is -0.339 e. The van der Waals surface area contributed by atoms with E-state index in [1.54, 1.807) is 0 Å². The number of nitrogens with zero attached hydrogens (tertiary/aromatic N) is 1. The first-order valence-corrected chi connectivity index (χ1v) is 5.56. The summed E-state index contributed by atoms with van der Waals surface area (Å²) in [4.78, 5) is 13.4. The Hall–Kier alpha value is -0.790. The molecule has 0 aromatic rings. The summed E-state index contributed by atoms with van der Waals surface area (Å²) in [6, 6.07) is 0. The average Bonchev–Trinajstić information content (AvgIpc) is 2.41. The highest BCUT2D eigenvalue weighted by atomic mass is 16.2. The quantitative estimate of drug-likeness (QED) is 0.620. The fraction of sp³-hybridized carbons (Fsp3) is 0.750. The van der Waals surface area contributed by atoms with Gasteiger partial charge in [0.15, 0.2) is 0 Å². The molecule has 1 unspecified atom stereocenters. The molecule has 0 bridgehead atoms. The lowest BCUT2D eigenvalue weighted by Gasteiger charge is -2.25. The van der Waals surface area contributed by atoms with E-state index in [1.807, 2.05) is 4.90 Å². The smallest absolute Gasteiger partial charge is 0.245 e. The average molecular weight is 195 g/mol. The van der Waals surface area contributed by atoms with Crippen molar-refractivity contribution in [2.75, 3.05) is 13.1 Å². The van der Waals surface area contributed by atoms with Crippen molar-refractivity contribution < 1.29 is 4.79 Å². The third kappa shape index (κ3) is 2.86. The van der Waals surface area contributed by atoms with Gasteiger partial charge in [0.05, 0.1) is 0 Å². The van der Waals surface area contributed by atoms with E-state index in [1.165, 1.54) is 18.9 Å². The van der Waals surface area contributed by atoms with E-state index in [4.69, 9.17) is 0 Å². The number of likely N-dealkylation sites (tertiary alicyclic amines) is 1. The number of hydrogen-bond acceptors (Lipinski definition) is 1. The van der Waals surface area contributed by atoms with Gasteiger partial charge in [-0.2, -0.15) is 0 Å². The molecule has 1 aliphatic heterocycles. The maximum atomic E-state index is 11.5. The second-order valence-corrected chi connectivity index (χ2v) is 4.49. The molecule has 0 saturated carbocycles. The summed E-state index contributed by atoms with van der Waals surface area (Å²) in [5, 5.41) is 0. The van der Waals surface area contributed by atoms with E-state index in [0.717, 1.165) is 19.5 Å². The van der Waals surface area contributed by atoms with Crippen LogP contribution in [0, 0.1) is 11.8 Å². The largest absolute Gasteiger partial charge is 0.339 e. The van der Waals surface area contributed by atoms with Gasteiger partial charge in [0.2, 0.25) is 5.91 Å². The van der Waals surface area contributed by atoms with E-state index in [0.29, 0.717) is 11.8 Å². The first-order chi connectivity index (χ1) is 6.65. The van der Waals surface area contributed by atoms with Crippen LogP contribution in [0.5, 0.6) is 0 Å². The Kier molecular flexibility index (Phi) is 4.18.